The van der Waals surface area contributed by atoms with Gasteiger partial charge in [0.1, 0.15) is 6.04 Å². The molecule has 14 heteroatoms. The van der Waals surface area contributed by atoms with Crippen molar-refractivity contribution in [3.63, 3.8) is 0 Å². The van der Waals surface area contributed by atoms with Crippen molar-refractivity contribution < 1.29 is 24.6 Å². The third kappa shape index (κ3) is 6.25. The van der Waals surface area contributed by atoms with Crippen LogP contribution in [0.5, 0.6) is 0 Å². The third-order valence-electron chi connectivity index (χ3n) is 5.41. The average molecular weight is 486 g/mol. The highest BCUT2D eigenvalue weighted by Crippen LogP contribution is 2.26. The second kappa shape index (κ2) is 11.0. The Labute approximate surface area is 199 Å². The molecule has 0 saturated heterocycles. The lowest BCUT2D eigenvalue weighted by molar-refractivity contribution is -0.140. The van der Waals surface area contributed by atoms with Crippen molar-refractivity contribution in [2.24, 2.45) is 0 Å². The molecule has 1 aliphatic heterocycles. The van der Waals surface area contributed by atoms with Crippen molar-refractivity contribution in [3.05, 3.63) is 40.2 Å². The molecule has 186 valence electrons. The van der Waals surface area contributed by atoms with Crippen LogP contribution in [0.25, 0.3) is 0 Å². The molecule has 1 aliphatic rings. The van der Waals surface area contributed by atoms with Gasteiger partial charge in [0.25, 0.3) is 11.5 Å². The van der Waals surface area contributed by atoms with Gasteiger partial charge < -0.3 is 36.8 Å². The summed E-state index contributed by atoms with van der Waals surface area (Å²) in [5, 5.41) is 34.2. The lowest BCUT2D eigenvalue weighted by Crippen LogP contribution is -2.47. The van der Waals surface area contributed by atoms with Crippen LogP contribution in [0.15, 0.2) is 29.1 Å². The summed E-state index contributed by atoms with van der Waals surface area (Å²) in [5.41, 5.74) is 6.30. The second-order valence-corrected chi connectivity index (χ2v) is 7.81. The van der Waals surface area contributed by atoms with Crippen molar-refractivity contribution in [2.75, 3.05) is 34.4 Å². The molecule has 35 heavy (non-hydrogen) atoms. The number of hydrogen-bond donors (Lipinski definition) is 8. The molecular weight excluding hydrogens is 460 g/mol. The fraction of sp³-hybridized carbons (Fsp3) is 0.333. The normalized spacial score (nSPS) is 15.3. The van der Waals surface area contributed by atoms with E-state index in [9.17, 15) is 24.3 Å². The maximum absolute atomic E-state index is 12.3. The molecule has 0 bridgehead atoms. The van der Waals surface area contributed by atoms with Gasteiger partial charge in [-0.15, -0.1) is 0 Å². The first kappa shape index (κ1) is 25.0. The van der Waals surface area contributed by atoms with Crippen molar-refractivity contribution >= 4 is 47.3 Å². The number of rotatable bonds is 11. The van der Waals surface area contributed by atoms with Gasteiger partial charge in [0.05, 0.1) is 12.4 Å². The summed E-state index contributed by atoms with van der Waals surface area (Å²) in [5.74, 6) is -2.77. The standard InChI is InChI=1S/C21H26N8O6/c22-10-29-13(9-25-17-16(29)19(33)28-21(23)27-17)7-8-24-12-3-1-11(2-4-12)18(32)26-14(20(34)35)5-6-15(30)31/h1-4,10,13-14,22,24H,5-9H2,(H,26,32)(H,30,31)(H,34,35)(H4,23,25,27,28,33). The first-order valence-corrected chi connectivity index (χ1v) is 10.7. The first-order chi connectivity index (χ1) is 16.7. The molecule has 1 aromatic heterocycles. The van der Waals surface area contributed by atoms with Gasteiger partial charge in [0.2, 0.25) is 5.95 Å². The highest BCUT2D eigenvalue weighted by atomic mass is 16.4. The Morgan fingerprint density at radius 1 is 1.29 bits per heavy atom. The SMILES string of the molecule is N=CN1c2c(nc(N)[nH]c2=O)NCC1CCNc1ccc(C(=O)NC(CCC(=O)O)C(=O)O)cc1. The van der Waals surface area contributed by atoms with E-state index in [2.05, 4.69) is 25.9 Å². The number of carbonyl (C=O) groups excluding carboxylic acids is 1. The maximum Gasteiger partial charge on any atom is 0.326 e. The third-order valence-corrected chi connectivity index (χ3v) is 5.41. The Bertz CT molecular complexity index is 1170. The molecule has 9 N–H and O–H groups in total. The smallest absolute Gasteiger partial charge is 0.326 e. The Kier molecular flexibility index (Phi) is 7.86. The fourth-order valence-electron chi connectivity index (χ4n) is 3.64. The zero-order chi connectivity index (χ0) is 25.5. The monoisotopic (exact) mass is 486 g/mol. The molecule has 1 amide bonds. The van der Waals surface area contributed by atoms with E-state index in [0.29, 0.717) is 31.0 Å². The van der Waals surface area contributed by atoms with Gasteiger partial charge >= 0.3 is 11.9 Å². The second-order valence-electron chi connectivity index (χ2n) is 7.81. The summed E-state index contributed by atoms with van der Waals surface area (Å²) >= 11 is 0. The number of carboxylic acids is 2. The van der Waals surface area contributed by atoms with Crippen LogP contribution in [0.1, 0.15) is 29.6 Å². The maximum atomic E-state index is 12.3. The number of H-pyrrole nitrogens is 1. The van der Waals surface area contributed by atoms with Crippen molar-refractivity contribution in [1.29, 1.82) is 5.41 Å². The highest BCUT2D eigenvalue weighted by Gasteiger charge is 2.28. The van der Waals surface area contributed by atoms with E-state index in [1.807, 2.05) is 0 Å². The van der Waals surface area contributed by atoms with Crippen molar-refractivity contribution in [3.8, 4) is 0 Å². The van der Waals surface area contributed by atoms with Crippen LogP contribution >= 0.6 is 0 Å². The minimum atomic E-state index is -1.31. The molecule has 1 aromatic carbocycles. The zero-order valence-corrected chi connectivity index (χ0v) is 18.6. The number of amides is 1. The number of nitrogens with two attached hydrogens (primary N) is 1. The number of nitrogens with one attached hydrogen (secondary N) is 5. The number of nitrogens with zero attached hydrogens (tertiary/aromatic N) is 2. The molecule has 3 rings (SSSR count). The number of carboxylic acid groups (broad SMARTS) is 2. The number of aromatic amines is 1. The van der Waals surface area contributed by atoms with Crippen LogP contribution in [-0.2, 0) is 9.59 Å². The van der Waals surface area contributed by atoms with Gasteiger partial charge in [0, 0.05) is 30.8 Å². The lowest BCUT2D eigenvalue weighted by atomic mass is 10.1. The first-order valence-electron chi connectivity index (χ1n) is 10.7. The van der Waals surface area contributed by atoms with E-state index in [0.717, 1.165) is 6.34 Å². The molecular formula is C21H26N8O6. The minimum absolute atomic E-state index is 0.0119. The van der Waals surface area contributed by atoms with Crippen LogP contribution in [0.3, 0.4) is 0 Å². The molecule has 2 heterocycles. The van der Waals surface area contributed by atoms with Gasteiger partial charge in [-0.3, -0.25) is 24.8 Å². The van der Waals surface area contributed by atoms with Gasteiger partial charge in [-0.25, -0.2) is 4.79 Å². The van der Waals surface area contributed by atoms with Crippen LogP contribution in [-0.4, -0.2) is 69.5 Å². The Balaban J connectivity index is 1.55. The van der Waals surface area contributed by atoms with Crippen molar-refractivity contribution in [1.82, 2.24) is 15.3 Å². The summed E-state index contributed by atoms with van der Waals surface area (Å²) in [6, 6.07) is 4.85. The Morgan fingerprint density at radius 2 is 2.00 bits per heavy atom. The number of nitrogen functional groups attached to an aromatic ring is 1. The van der Waals surface area contributed by atoms with Gasteiger partial charge in [-0.05, 0) is 37.1 Å². The number of fused-ring (bicyclic) bond motifs is 1. The quantitative estimate of drug-likeness (QED) is 0.157. The number of carbonyl (C=O) groups is 3. The van der Waals surface area contributed by atoms with Crippen molar-refractivity contribution in [2.45, 2.75) is 31.3 Å². The molecule has 0 fully saturated rings. The van der Waals surface area contributed by atoms with Gasteiger partial charge in [-0.1, -0.05) is 0 Å². The Hall–Kier alpha value is -4.62. The lowest BCUT2D eigenvalue weighted by Gasteiger charge is -2.34. The number of aliphatic carboxylic acids is 2. The van der Waals surface area contributed by atoms with E-state index < -0.39 is 29.4 Å². The van der Waals surface area contributed by atoms with E-state index >= 15 is 0 Å². The molecule has 0 aliphatic carbocycles. The number of hydrogen-bond acceptors (Lipinski definition) is 9. The van der Waals surface area contributed by atoms with Gasteiger partial charge in [-0.2, -0.15) is 4.98 Å². The largest absolute Gasteiger partial charge is 0.481 e. The number of anilines is 4. The van der Waals surface area contributed by atoms with E-state index in [4.69, 9.17) is 16.2 Å². The Morgan fingerprint density at radius 3 is 2.63 bits per heavy atom. The molecule has 2 aromatic rings. The summed E-state index contributed by atoms with van der Waals surface area (Å²) in [4.78, 5) is 54.6. The summed E-state index contributed by atoms with van der Waals surface area (Å²) < 4.78 is 0. The summed E-state index contributed by atoms with van der Waals surface area (Å²) in [7, 11) is 0. The number of benzene rings is 1. The molecule has 0 radical (unpaired) electrons. The molecule has 2 atom stereocenters. The van der Waals surface area contributed by atoms with E-state index in [1.54, 1.807) is 12.1 Å². The summed E-state index contributed by atoms with van der Waals surface area (Å²) in [6.45, 7) is 0.944. The van der Waals surface area contributed by atoms with Gasteiger partial charge in [0.15, 0.2) is 11.5 Å². The minimum Gasteiger partial charge on any atom is -0.481 e. The molecule has 14 nitrogen and oxygen atoms in total. The topological polar surface area (TPSA) is 227 Å². The molecule has 0 saturated carbocycles. The van der Waals surface area contributed by atoms with E-state index in [-0.39, 0.29) is 36.1 Å². The summed E-state index contributed by atoms with van der Waals surface area (Å²) in [6.07, 6.45) is 1.04. The zero-order valence-electron chi connectivity index (χ0n) is 18.6. The predicted molar refractivity (Wildman–Crippen MR) is 128 cm³/mol. The van der Waals surface area contributed by atoms with Crippen LogP contribution in [0.2, 0.25) is 0 Å². The fourth-order valence-corrected chi connectivity index (χ4v) is 3.64. The average Bonchev–Trinajstić information content (AvgIpc) is 2.81. The predicted octanol–water partition coefficient (Wildman–Crippen LogP) is 0.110. The highest BCUT2D eigenvalue weighted by molar-refractivity contribution is 5.97. The van der Waals surface area contributed by atoms with Crippen LogP contribution in [0, 0.1) is 5.41 Å². The molecule has 0 spiro atoms. The number of aromatic nitrogens is 2. The van der Waals surface area contributed by atoms with Crippen LogP contribution < -0.4 is 32.1 Å². The van der Waals surface area contributed by atoms with Crippen LogP contribution in [0.4, 0.5) is 23.1 Å². The molecule has 2 unspecified atom stereocenters. The van der Waals surface area contributed by atoms with E-state index in [1.165, 1.54) is 17.0 Å².